The second-order valence-corrected chi connectivity index (χ2v) is 8.54. The number of hydrogen-bond donors (Lipinski definition) is 1. The fourth-order valence-electron chi connectivity index (χ4n) is 2.43. The van der Waals surface area contributed by atoms with Gasteiger partial charge in [-0.1, -0.05) is 0 Å². The first-order chi connectivity index (χ1) is 10.4. The van der Waals surface area contributed by atoms with Crippen LogP contribution < -0.4 is 0 Å². The number of carboxylic acids is 1. The molecule has 3 rings (SSSR count). The number of rotatable bonds is 4. The Morgan fingerprint density at radius 1 is 1.18 bits per heavy atom. The maximum Gasteiger partial charge on any atom is 0.336 e. The maximum atomic E-state index is 12.5. The highest BCUT2D eigenvalue weighted by atomic mass is 32.2. The summed E-state index contributed by atoms with van der Waals surface area (Å²) >= 11 is 0.909. The Labute approximate surface area is 132 Å². The van der Waals surface area contributed by atoms with Gasteiger partial charge in [0.25, 0.3) is 10.0 Å². The van der Waals surface area contributed by atoms with Crippen molar-refractivity contribution in [3.05, 3.63) is 17.0 Å². The topological polar surface area (TPSA) is 95.0 Å². The summed E-state index contributed by atoms with van der Waals surface area (Å²) in [4.78, 5) is 24.5. The first-order valence-corrected chi connectivity index (χ1v) is 9.32. The van der Waals surface area contributed by atoms with E-state index in [1.54, 1.807) is 4.90 Å². The van der Waals surface area contributed by atoms with Gasteiger partial charge in [-0.15, -0.1) is 11.3 Å². The number of carboxylic acid groups (broad SMARTS) is 1. The number of thiophene rings is 1. The largest absolute Gasteiger partial charge is 0.478 e. The van der Waals surface area contributed by atoms with Crippen LogP contribution in [0.1, 0.15) is 23.2 Å². The third kappa shape index (κ3) is 2.88. The molecule has 120 valence electrons. The normalized spacial score (nSPS) is 20.1. The van der Waals surface area contributed by atoms with Crippen LogP contribution in [0.15, 0.2) is 15.7 Å². The van der Waals surface area contributed by atoms with Crippen molar-refractivity contribution in [2.75, 3.05) is 26.2 Å². The number of hydrogen-bond acceptors (Lipinski definition) is 5. The average Bonchev–Trinajstić information content (AvgIpc) is 3.21. The van der Waals surface area contributed by atoms with E-state index < -0.39 is 16.0 Å². The standard InChI is InChI=1S/C13H16N2O5S2/c16-12(9-1-2-9)14-3-5-15(6-4-14)22(19,20)11-7-10(8-21-11)13(17)18/h7-9H,1-6H2,(H,17,18). The molecule has 9 heteroatoms. The minimum absolute atomic E-state index is 0.0221. The Morgan fingerprint density at radius 3 is 2.32 bits per heavy atom. The van der Waals surface area contributed by atoms with Crippen LogP contribution in [0.4, 0.5) is 0 Å². The summed E-state index contributed by atoms with van der Waals surface area (Å²) in [5.74, 6) is -0.877. The van der Waals surface area contributed by atoms with Gasteiger partial charge < -0.3 is 10.0 Å². The zero-order valence-corrected chi connectivity index (χ0v) is 13.4. The number of amides is 1. The summed E-state index contributed by atoms with van der Waals surface area (Å²) in [6.45, 7) is 1.29. The second-order valence-electron chi connectivity index (χ2n) is 5.46. The van der Waals surface area contributed by atoms with Gasteiger partial charge in [-0.05, 0) is 18.9 Å². The van der Waals surface area contributed by atoms with Crippen molar-refractivity contribution in [3.63, 3.8) is 0 Å². The first-order valence-electron chi connectivity index (χ1n) is 7.00. The molecular formula is C13H16N2O5S2. The number of sulfonamides is 1. The molecule has 1 N–H and O–H groups in total. The van der Waals surface area contributed by atoms with Crippen LogP contribution in [0.25, 0.3) is 0 Å². The third-order valence-electron chi connectivity index (χ3n) is 3.89. The molecule has 1 amide bonds. The van der Waals surface area contributed by atoms with Crippen LogP contribution in [-0.4, -0.2) is 60.8 Å². The number of aromatic carboxylic acids is 1. The number of carbonyl (C=O) groups excluding carboxylic acids is 1. The Kier molecular flexibility index (Phi) is 3.96. The monoisotopic (exact) mass is 344 g/mol. The van der Waals surface area contributed by atoms with Crippen LogP contribution in [-0.2, 0) is 14.8 Å². The Bertz CT molecular complexity index is 700. The second kappa shape index (κ2) is 5.64. The summed E-state index contributed by atoms with van der Waals surface area (Å²) in [5, 5.41) is 10.2. The molecule has 1 aromatic rings. The predicted octanol–water partition coefficient (Wildman–Crippen LogP) is 0.689. The molecule has 0 bridgehead atoms. The van der Waals surface area contributed by atoms with Crippen LogP contribution in [0, 0.1) is 5.92 Å². The highest BCUT2D eigenvalue weighted by molar-refractivity contribution is 7.91. The van der Waals surface area contributed by atoms with E-state index in [9.17, 15) is 18.0 Å². The van der Waals surface area contributed by atoms with Gasteiger partial charge in [-0.3, -0.25) is 4.79 Å². The summed E-state index contributed by atoms with van der Waals surface area (Å²) in [5.41, 5.74) is -0.0221. The minimum Gasteiger partial charge on any atom is -0.478 e. The zero-order valence-electron chi connectivity index (χ0n) is 11.8. The van der Waals surface area contributed by atoms with Gasteiger partial charge >= 0.3 is 5.97 Å². The van der Waals surface area contributed by atoms with Crippen molar-refractivity contribution in [2.24, 2.45) is 5.92 Å². The first kappa shape index (κ1) is 15.4. The fourth-order valence-corrected chi connectivity index (χ4v) is 5.16. The molecule has 2 aliphatic rings. The van der Waals surface area contributed by atoms with Gasteiger partial charge in [-0.25, -0.2) is 13.2 Å². The molecule has 7 nitrogen and oxygen atoms in total. The van der Waals surface area contributed by atoms with E-state index in [0.717, 1.165) is 24.2 Å². The summed E-state index contributed by atoms with van der Waals surface area (Å²) < 4.78 is 26.3. The number of nitrogens with zero attached hydrogens (tertiary/aromatic N) is 2. The average molecular weight is 344 g/mol. The van der Waals surface area contributed by atoms with Crippen LogP contribution in [0.2, 0.25) is 0 Å². The van der Waals surface area contributed by atoms with Crippen molar-refractivity contribution in [3.8, 4) is 0 Å². The Balaban J connectivity index is 1.68. The van der Waals surface area contributed by atoms with Gasteiger partial charge in [0, 0.05) is 37.5 Å². The zero-order chi connectivity index (χ0) is 15.9. The molecule has 2 fully saturated rings. The highest BCUT2D eigenvalue weighted by Gasteiger charge is 2.37. The van der Waals surface area contributed by atoms with Crippen molar-refractivity contribution in [2.45, 2.75) is 17.1 Å². The van der Waals surface area contributed by atoms with Crippen molar-refractivity contribution in [1.29, 1.82) is 0 Å². The fraction of sp³-hybridized carbons (Fsp3) is 0.538. The van der Waals surface area contributed by atoms with Crippen molar-refractivity contribution in [1.82, 2.24) is 9.21 Å². The minimum atomic E-state index is -3.68. The SMILES string of the molecule is O=C(O)c1csc(S(=O)(=O)N2CCN(C(=O)C3CC3)CC2)c1. The Morgan fingerprint density at radius 2 is 1.82 bits per heavy atom. The van der Waals surface area contributed by atoms with Gasteiger partial charge in [0.2, 0.25) is 5.91 Å². The van der Waals surface area contributed by atoms with Crippen LogP contribution in [0.5, 0.6) is 0 Å². The summed E-state index contributed by atoms with van der Waals surface area (Å²) in [6, 6.07) is 1.18. The van der Waals surface area contributed by atoms with E-state index >= 15 is 0 Å². The maximum absolute atomic E-state index is 12.5. The lowest BCUT2D eigenvalue weighted by molar-refractivity contribution is -0.133. The predicted molar refractivity (Wildman–Crippen MR) is 79.3 cm³/mol. The van der Waals surface area contributed by atoms with Gasteiger partial charge in [-0.2, -0.15) is 4.31 Å². The number of carbonyl (C=O) groups is 2. The van der Waals surface area contributed by atoms with E-state index in [4.69, 9.17) is 5.11 Å². The molecule has 2 heterocycles. The van der Waals surface area contributed by atoms with E-state index in [2.05, 4.69) is 0 Å². The lowest BCUT2D eigenvalue weighted by atomic mass is 10.3. The molecule has 1 aliphatic heterocycles. The molecule has 0 atom stereocenters. The van der Waals surface area contributed by atoms with Crippen molar-refractivity contribution < 1.29 is 23.1 Å². The molecule has 0 aromatic carbocycles. The van der Waals surface area contributed by atoms with E-state index in [1.807, 2.05) is 0 Å². The van der Waals surface area contributed by atoms with Gasteiger partial charge in [0.05, 0.1) is 5.56 Å². The molecule has 0 radical (unpaired) electrons. The molecule has 1 saturated heterocycles. The highest BCUT2D eigenvalue weighted by Crippen LogP contribution is 2.32. The van der Waals surface area contributed by atoms with Crippen molar-refractivity contribution >= 4 is 33.2 Å². The number of piperazine rings is 1. The molecule has 1 aromatic heterocycles. The lowest BCUT2D eigenvalue weighted by Gasteiger charge is -2.33. The molecular weight excluding hydrogens is 328 g/mol. The molecule has 0 spiro atoms. The van der Waals surface area contributed by atoms with E-state index in [0.29, 0.717) is 13.1 Å². The van der Waals surface area contributed by atoms with E-state index in [1.165, 1.54) is 15.8 Å². The molecule has 1 aliphatic carbocycles. The quantitative estimate of drug-likeness (QED) is 0.867. The Hall–Kier alpha value is -1.45. The third-order valence-corrected chi connectivity index (χ3v) is 7.21. The van der Waals surface area contributed by atoms with Gasteiger partial charge in [0.15, 0.2) is 0 Å². The van der Waals surface area contributed by atoms with Gasteiger partial charge in [0.1, 0.15) is 4.21 Å². The lowest BCUT2D eigenvalue weighted by Crippen LogP contribution is -2.50. The summed E-state index contributed by atoms with van der Waals surface area (Å²) in [6.07, 6.45) is 1.87. The van der Waals surface area contributed by atoms with Crippen LogP contribution in [0.3, 0.4) is 0 Å². The molecule has 1 saturated carbocycles. The summed E-state index contributed by atoms with van der Waals surface area (Å²) in [7, 11) is -3.68. The smallest absolute Gasteiger partial charge is 0.336 e. The molecule has 22 heavy (non-hydrogen) atoms. The van der Waals surface area contributed by atoms with Crippen LogP contribution >= 0.6 is 11.3 Å². The van der Waals surface area contributed by atoms with E-state index in [-0.39, 0.29) is 34.7 Å². The molecule has 0 unspecified atom stereocenters.